The van der Waals surface area contributed by atoms with Crippen molar-refractivity contribution in [3.63, 3.8) is 0 Å². The number of thiazole rings is 1. The van der Waals surface area contributed by atoms with Gasteiger partial charge in [-0.25, -0.2) is 13.8 Å². The van der Waals surface area contributed by atoms with E-state index in [0.717, 1.165) is 16.3 Å². The molecule has 140 valence electrons. The number of piperidine rings is 1. The summed E-state index contributed by atoms with van der Waals surface area (Å²) < 4.78 is 29.8. The van der Waals surface area contributed by atoms with Gasteiger partial charge >= 0.3 is 0 Å². The van der Waals surface area contributed by atoms with Crippen LogP contribution in [0.15, 0.2) is 29.9 Å². The molecule has 0 radical (unpaired) electrons. The van der Waals surface area contributed by atoms with Gasteiger partial charge in [0.2, 0.25) is 0 Å². The van der Waals surface area contributed by atoms with Gasteiger partial charge in [-0.1, -0.05) is 6.07 Å². The summed E-state index contributed by atoms with van der Waals surface area (Å²) in [6.07, 6.45) is 4.05. The van der Waals surface area contributed by atoms with E-state index in [-0.39, 0.29) is 6.42 Å². The van der Waals surface area contributed by atoms with Gasteiger partial charge in [-0.05, 0) is 31.5 Å². The summed E-state index contributed by atoms with van der Waals surface area (Å²) >= 11 is 1.62. The van der Waals surface area contributed by atoms with Crippen LogP contribution in [0.25, 0.3) is 0 Å². The topological polar surface area (TPSA) is 32.3 Å². The molecule has 0 aliphatic carbocycles. The fourth-order valence-electron chi connectivity index (χ4n) is 4.30. The summed E-state index contributed by atoms with van der Waals surface area (Å²) in [5, 5.41) is 3.06. The molecule has 0 unspecified atom stereocenters. The number of hydrogen-bond donors (Lipinski definition) is 0. The van der Waals surface area contributed by atoms with Crippen LogP contribution in [0.3, 0.4) is 0 Å². The molecule has 4 nitrogen and oxygen atoms in total. The van der Waals surface area contributed by atoms with Crippen molar-refractivity contribution >= 4 is 11.3 Å². The first-order valence-electron chi connectivity index (χ1n) is 9.08. The van der Waals surface area contributed by atoms with Crippen LogP contribution in [0.4, 0.5) is 8.78 Å². The SMILES string of the molecule is Cc1nc(CN2CC[C@@]3(CN(Cc4cccnc4)CCC3(F)F)C2)cs1. The maximum atomic E-state index is 14.9. The Balaban J connectivity index is 1.46. The second kappa shape index (κ2) is 6.94. The van der Waals surface area contributed by atoms with Crippen molar-refractivity contribution in [1.29, 1.82) is 0 Å². The number of alkyl halides is 2. The molecule has 2 saturated heterocycles. The second-order valence-electron chi connectivity index (χ2n) is 7.63. The number of hydrogen-bond acceptors (Lipinski definition) is 5. The third-order valence-corrected chi connectivity index (χ3v) is 6.48. The van der Waals surface area contributed by atoms with Crippen molar-refractivity contribution < 1.29 is 8.78 Å². The molecule has 0 bridgehead atoms. The molecular weight excluding hydrogens is 354 g/mol. The van der Waals surface area contributed by atoms with Gasteiger partial charge in [0.25, 0.3) is 5.92 Å². The highest BCUT2D eigenvalue weighted by Gasteiger charge is 2.59. The van der Waals surface area contributed by atoms with Gasteiger partial charge in [-0.2, -0.15) is 0 Å². The van der Waals surface area contributed by atoms with Gasteiger partial charge in [-0.3, -0.25) is 14.8 Å². The first-order chi connectivity index (χ1) is 12.5. The summed E-state index contributed by atoms with van der Waals surface area (Å²) in [6.45, 7) is 5.39. The largest absolute Gasteiger partial charge is 0.298 e. The van der Waals surface area contributed by atoms with Crippen molar-refractivity contribution in [3.8, 4) is 0 Å². The van der Waals surface area contributed by atoms with Crippen molar-refractivity contribution in [2.24, 2.45) is 5.41 Å². The zero-order chi connectivity index (χ0) is 18.2. The van der Waals surface area contributed by atoms with Gasteiger partial charge < -0.3 is 0 Å². The third kappa shape index (κ3) is 3.52. The van der Waals surface area contributed by atoms with Crippen LogP contribution in [-0.2, 0) is 13.1 Å². The molecule has 1 atom stereocenters. The van der Waals surface area contributed by atoms with Crippen LogP contribution in [-0.4, -0.2) is 51.9 Å². The van der Waals surface area contributed by atoms with Crippen LogP contribution < -0.4 is 0 Å². The van der Waals surface area contributed by atoms with E-state index in [0.29, 0.717) is 45.7 Å². The number of nitrogens with zero attached hydrogens (tertiary/aromatic N) is 4. The summed E-state index contributed by atoms with van der Waals surface area (Å²) in [5.41, 5.74) is 1.13. The van der Waals surface area contributed by atoms with Crippen LogP contribution in [0.1, 0.15) is 29.1 Å². The second-order valence-corrected chi connectivity index (χ2v) is 8.69. The van der Waals surface area contributed by atoms with Gasteiger partial charge in [-0.15, -0.1) is 11.3 Å². The summed E-state index contributed by atoms with van der Waals surface area (Å²) in [4.78, 5) is 12.9. The zero-order valence-corrected chi connectivity index (χ0v) is 15.8. The smallest absolute Gasteiger partial charge is 0.257 e. The Bertz CT molecular complexity index is 751. The lowest BCUT2D eigenvalue weighted by Gasteiger charge is -2.46. The van der Waals surface area contributed by atoms with Gasteiger partial charge in [0.15, 0.2) is 0 Å². The maximum absolute atomic E-state index is 14.9. The monoisotopic (exact) mass is 378 g/mol. The lowest BCUT2D eigenvalue weighted by atomic mass is 9.75. The van der Waals surface area contributed by atoms with Crippen LogP contribution in [0.2, 0.25) is 0 Å². The molecule has 4 rings (SSSR count). The van der Waals surface area contributed by atoms with E-state index in [2.05, 4.69) is 19.8 Å². The Morgan fingerprint density at radius 1 is 1.15 bits per heavy atom. The first-order valence-corrected chi connectivity index (χ1v) is 9.96. The lowest BCUT2D eigenvalue weighted by molar-refractivity contribution is -0.163. The number of aromatic nitrogens is 2. The molecule has 0 N–H and O–H groups in total. The molecule has 0 saturated carbocycles. The van der Waals surface area contributed by atoms with Gasteiger partial charge in [0, 0.05) is 56.9 Å². The third-order valence-electron chi connectivity index (χ3n) is 5.66. The van der Waals surface area contributed by atoms with Gasteiger partial charge in [0.1, 0.15) is 0 Å². The molecule has 0 amide bonds. The van der Waals surface area contributed by atoms with Crippen LogP contribution in [0.5, 0.6) is 0 Å². The van der Waals surface area contributed by atoms with Crippen molar-refractivity contribution in [3.05, 3.63) is 46.2 Å². The molecule has 2 aliphatic heterocycles. The van der Waals surface area contributed by atoms with Crippen molar-refractivity contribution in [1.82, 2.24) is 19.8 Å². The number of aryl methyl sites for hydroxylation is 1. The molecule has 2 aliphatic rings. The number of pyridine rings is 1. The minimum atomic E-state index is -2.61. The number of halogens is 2. The summed E-state index contributed by atoms with van der Waals surface area (Å²) in [6, 6.07) is 3.91. The zero-order valence-electron chi connectivity index (χ0n) is 15.0. The van der Waals surface area contributed by atoms with Gasteiger partial charge in [0.05, 0.1) is 16.1 Å². The quantitative estimate of drug-likeness (QED) is 0.814. The standard InChI is InChI=1S/C19H24F2N4S/c1-15-23-17(12-26-15)11-25-7-4-18(14-25)13-24(8-5-19(18,20)21)10-16-3-2-6-22-9-16/h2-3,6,9,12H,4-5,7-8,10-11,13-14H2,1H3/t18-/m1/s1. The van der Waals surface area contributed by atoms with E-state index in [1.54, 1.807) is 17.5 Å². The molecule has 7 heteroatoms. The average molecular weight is 378 g/mol. The summed E-state index contributed by atoms with van der Waals surface area (Å²) in [5.74, 6) is -2.61. The molecule has 26 heavy (non-hydrogen) atoms. The van der Waals surface area contributed by atoms with E-state index >= 15 is 0 Å². The highest BCUT2D eigenvalue weighted by Crippen LogP contribution is 2.49. The summed E-state index contributed by atoms with van der Waals surface area (Å²) in [7, 11) is 0. The first kappa shape index (κ1) is 17.9. The molecule has 4 heterocycles. The highest BCUT2D eigenvalue weighted by atomic mass is 32.1. The normalized spacial score (nSPS) is 26.6. The predicted octanol–water partition coefficient (Wildman–Crippen LogP) is 3.58. The van der Waals surface area contributed by atoms with E-state index in [9.17, 15) is 8.78 Å². The number of likely N-dealkylation sites (tertiary alicyclic amines) is 2. The van der Waals surface area contributed by atoms with Crippen molar-refractivity contribution in [2.75, 3.05) is 26.2 Å². The fraction of sp³-hybridized carbons (Fsp3) is 0.579. The van der Waals surface area contributed by atoms with E-state index in [1.807, 2.05) is 30.6 Å². The van der Waals surface area contributed by atoms with E-state index in [4.69, 9.17) is 0 Å². The highest BCUT2D eigenvalue weighted by molar-refractivity contribution is 7.09. The maximum Gasteiger partial charge on any atom is 0.257 e. The Labute approximate surface area is 156 Å². The molecular formula is C19H24F2N4S. The molecule has 2 aromatic heterocycles. The van der Waals surface area contributed by atoms with E-state index in [1.165, 1.54) is 0 Å². The minimum absolute atomic E-state index is 0.0586. The Morgan fingerprint density at radius 3 is 2.62 bits per heavy atom. The average Bonchev–Trinajstić information content (AvgIpc) is 3.20. The minimum Gasteiger partial charge on any atom is -0.298 e. The lowest BCUT2D eigenvalue weighted by Crippen LogP contribution is -2.56. The molecule has 0 aromatic carbocycles. The Hall–Kier alpha value is -1.44. The molecule has 1 spiro atoms. The Kier molecular flexibility index (Phi) is 4.79. The van der Waals surface area contributed by atoms with E-state index < -0.39 is 11.3 Å². The fourth-order valence-corrected chi connectivity index (χ4v) is 4.91. The molecule has 2 aromatic rings. The number of rotatable bonds is 4. The predicted molar refractivity (Wildman–Crippen MR) is 98.3 cm³/mol. The van der Waals surface area contributed by atoms with Crippen LogP contribution >= 0.6 is 11.3 Å². The van der Waals surface area contributed by atoms with Crippen molar-refractivity contribution in [2.45, 2.75) is 38.8 Å². The van der Waals surface area contributed by atoms with Crippen LogP contribution in [0, 0.1) is 12.3 Å². The molecule has 2 fully saturated rings. The Morgan fingerprint density at radius 2 is 1.92 bits per heavy atom.